The maximum Gasteiger partial charge on any atom is 0.326 e. The fourth-order valence-corrected chi connectivity index (χ4v) is 4.43. The molecule has 1 heterocycles. The average Bonchev–Trinajstić information content (AvgIpc) is 2.75. The summed E-state index contributed by atoms with van der Waals surface area (Å²) in [5.74, 6) is -1.67. The van der Waals surface area contributed by atoms with Crippen molar-refractivity contribution in [3.8, 4) is 5.75 Å². The highest BCUT2D eigenvalue weighted by Crippen LogP contribution is 2.25. The van der Waals surface area contributed by atoms with Gasteiger partial charge in [0.15, 0.2) is 0 Å². The molecule has 3 atom stereocenters. The molecule has 178 valence electrons. The number of phenolic OH excluding ortho intramolecular Hbond substituents is 1. The predicted octanol–water partition coefficient (Wildman–Crippen LogP) is 3.39. The molecule has 7 heteroatoms. The molecule has 1 saturated heterocycles. The number of Topliss-reactive ketones (excluding diaryl/α,β-unsaturated/α-hetero) is 1. The molecule has 1 aromatic carbocycles. The van der Waals surface area contributed by atoms with Crippen molar-refractivity contribution in [2.24, 2.45) is 11.8 Å². The largest absolute Gasteiger partial charge is 0.508 e. The molecule has 1 fully saturated rings. The first-order chi connectivity index (χ1) is 15.3. The molecule has 32 heavy (non-hydrogen) atoms. The van der Waals surface area contributed by atoms with Crippen LogP contribution in [0.15, 0.2) is 24.3 Å². The Morgan fingerprint density at radius 3 is 2.22 bits per heavy atom. The van der Waals surface area contributed by atoms with Crippen LogP contribution in [0.4, 0.5) is 0 Å². The highest BCUT2D eigenvalue weighted by Gasteiger charge is 2.29. The summed E-state index contributed by atoms with van der Waals surface area (Å²) in [7, 11) is 2.12. The van der Waals surface area contributed by atoms with Crippen LogP contribution in [0.3, 0.4) is 0 Å². The molecule has 1 aliphatic rings. The molecule has 1 aliphatic heterocycles. The van der Waals surface area contributed by atoms with Gasteiger partial charge >= 0.3 is 5.97 Å². The minimum atomic E-state index is -1.12. The molecule has 0 spiro atoms. The van der Waals surface area contributed by atoms with Crippen molar-refractivity contribution in [2.75, 3.05) is 20.1 Å². The first-order valence-electron chi connectivity index (χ1n) is 11.8. The molecule has 0 saturated carbocycles. The molecule has 0 aromatic heterocycles. The Hall–Kier alpha value is -2.41. The molecule has 1 aromatic rings. The smallest absolute Gasteiger partial charge is 0.326 e. The molecule has 1 amide bonds. The van der Waals surface area contributed by atoms with Gasteiger partial charge in [0.2, 0.25) is 5.91 Å². The lowest BCUT2D eigenvalue weighted by atomic mass is 9.82. The summed E-state index contributed by atoms with van der Waals surface area (Å²) in [4.78, 5) is 40.0. The van der Waals surface area contributed by atoms with Gasteiger partial charge in [-0.05, 0) is 69.9 Å². The number of hydrogen-bond acceptors (Lipinski definition) is 5. The topological polar surface area (TPSA) is 107 Å². The Morgan fingerprint density at radius 1 is 1.06 bits per heavy atom. The van der Waals surface area contributed by atoms with Gasteiger partial charge in [0.05, 0.1) is 0 Å². The van der Waals surface area contributed by atoms with Crippen LogP contribution in [0.5, 0.6) is 5.75 Å². The molecule has 0 radical (unpaired) electrons. The maximum absolute atomic E-state index is 13.2. The third kappa shape index (κ3) is 8.61. The fourth-order valence-electron chi connectivity index (χ4n) is 4.43. The number of nitrogens with one attached hydrogen (secondary N) is 1. The summed E-state index contributed by atoms with van der Waals surface area (Å²) in [6.45, 7) is 4.06. The molecule has 7 nitrogen and oxygen atoms in total. The number of carbonyl (C=O) groups is 3. The van der Waals surface area contributed by atoms with Crippen LogP contribution in [0.2, 0.25) is 0 Å². The number of amides is 1. The average molecular weight is 447 g/mol. The quantitative estimate of drug-likeness (QED) is 0.593. The van der Waals surface area contributed by atoms with Gasteiger partial charge in [-0.2, -0.15) is 0 Å². The van der Waals surface area contributed by atoms with E-state index in [-0.39, 0.29) is 36.2 Å². The Kier molecular flexibility index (Phi) is 10.7. The van der Waals surface area contributed by atoms with E-state index >= 15 is 0 Å². The Morgan fingerprint density at radius 2 is 1.66 bits per heavy atom. The van der Waals surface area contributed by atoms with Crippen molar-refractivity contribution in [1.82, 2.24) is 10.2 Å². The summed E-state index contributed by atoms with van der Waals surface area (Å²) >= 11 is 0. The van der Waals surface area contributed by atoms with Gasteiger partial charge in [0.1, 0.15) is 17.6 Å². The van der Waals surface area contributed by atoms with Crippen molar-refractivity contribution in [3.63, 3.8) is 0 Å². The lowest BCUT2D eigenvalue weighted by Crippen LogP contribution is -2.43. The molecule has 0 aliphatic carbocycles. The highest BCUT2D eigenvalue weighted by atomic mass is 16.4. The van der Waals surface area contributed by atoms with Crippen LogP contribution in [0.1, 0.15) is 63.9 Å². The lowest BCUT2D eigenvalue weighted by molar-refractivity contribution is -0.142. The molecule has 0 bridgehead atoms. The Balaban J connectivity index is 2.03. The van der Waals surface area contributed by atoms with E-state index in [0.29, 0.717) is 12.0 Å². The predicted molar refractivity (Wildman–Crippen MR) is 123 cm³/mol. The van der Waals surface area contributed by atoms with Gasteiger partial charge in [0, 0.05) is 24.7 Å². The van der Waals surface area contributed by atoms with Gasteiger partial charge in [-0.3, -0.25) is 9.59 Å². The standard InChI is InChI=1S/C25H38N2O5/c1-3-19-8-4-6-14-27(2)15-7-5-9-20(24(19)30)17-23(29)26-22(25(31)32)16-18-10-12-21(28)13-11-18/h10-13,19-20,22,28H,3-9,14-17H2,1-2H3,(H,26,29)(H,31,32)/t19-,20?,22-/m0/s1. The van der Waals surface area contributed by atoms with Crippen molar-refractivity contribution in [3.05, 3.63) is 29.8 Å². The zero-order valence-corrected chi connectivity index (χ0v) is 19.4. The summed E-state index contributed by atoms with van der Waals surface area (Å²) in [5.41, 5.74) is 0.702. The number of rotatable bonds is 7. The number of carboxylic acids is 1. The van der Waals surface area contributed by atoms with Gasteiger partial charge in [-0.1, -0.05) is 31.9 Å². The van der Waals surface area contributed by atoms with Crippen molar-refractivity contribution >= 4 is 17.7 Å². The number of nitrogens with zero attached hydrogens (tertiary/aromatic N) is 1. The van der Waals surface area contributed by atoms with Crippen LogP contribution in [0.25, 0.3) is 0 Å². The monoisotopic (exact) mass is 446 g/mol. The number of aromatic hydroxyl groups is 1. The second kappa shape index (κ2) is 13.2. The van der Waals surface area contributed by atoms with Gasteiger partial charge in [-0.25, -0.2) is 4.79 Å². The fraction of sp³-hybridized carbons (Fsp3) is 0.640. The number of carbonyl (C=O) groups excluding carboxylic acids is 2. The third-order valence-corrected chi connectivity index (χ3v) is 6.42. The van der Waals surface area contributed by atoms with E-state index in [1.807, 2.05) is 6.92 Å². The van der Waals surface area contributed by atoms with Gasteiger partial charge in [-0.15, -0.1) is 0 Å². The van der Waals surface area contributed by atoms with Crippen LogP contribution >= 0.6 is 0 Å². The number of aliphatic carboxylic acids is 1. The van der Waals surface area contributed by atoms with Crippen LogP contribution in [-0.2, 0) is 20.8 Å². The van der Waals surface area contributed by atoms with E-state index in [0.717, 1.165) is 51.6 Å². The van der Waals surface area contributed by atoms with Crippen LogP contribution < -0.4 is 5.32 Å². The minimum Gasteiger partial charge on any atom is -0.508 e. The molecular weight excluding hydrogens is 408 g/mol. The second-order valence-electron chi connectivity index (χ2n) is 9.03. The zero-order valence-electron chi connectivity index (χ0n) is 19.4. The van der Waals surface area contributed by atoms with E-state index in [4.69, 9.17) is 0 Å². The molecule has 3 N–H and O–H groups in total. The van der Waals surface area contributed by atoms with E-state index in [2.05, 4.69) is 17.3 Å². The number of carboxylic acid groups (broad SMARTS) is 1. The van der Waals surface area contributed by atoms with Gasteiger partial charge < -0.3 is 20.4 Å². The first-order valence-corrected chi connectivity index (χ1v) is 11.8. The second-order valence-corrected chi connectivity index (χ2v) is 9.03. The van der Waals surface area contributed by atoms with Crippen molar-refractivity contribution in [1.29, 1.82) is 0 Å². The number of hydrogen-bond donors (Lipinski definition) is 3. The van der Waals surface area contributed by atoms with E-state index in [1.165, 1.54) is 12.1 Å². The molecule has 1 unspecified atom stereocenters. The van der Waals surface area contributed by atoms with Crippen molar-refractivity contribution < 1.29 is 24.6 Å². The molecular formula is C25H38N2O5. The minimum absolute atomic E-state index is 0.0323. The van der Waals surface area contributed by atoms with Crippen LogP contribution in [-0.4, -0.2) is 59.0 Å². The molecule has 2 rings (SSSR count). The zero-order chi connectivity index (χ0) is 23.5. The van der Waals surface area contributed by atoms with Crippen LogP contribution in [0, 0.1) is 11.8 Å². The third-order valence-electron chi connectivity index (χ3n) is 6.42. The van der Waals surface area contributed by atoms with E-state index in [1.54, 1.807) is 12.1 Å². The number of phenols is 1. The SMILES string of the molecule is CC[C@H]1CCCCN(C)CCCCC(CC(=O)N[C@@H](Cc2ccc(O)cc2)C(=O)O)C1=O. The first kappa shape index (κ1) is 25.8. The van der Waals surface area contributed by atoms with Crippen molar-refractivity contribution in [2.45, 2.75) is 70.8 Å². The highest BCUT2D eigenvalue weighted by molar-refractivity contribution is 5.90. The normalized spacial score (nSPS) is 22.4. The number of benzene rings is 1. The number of ketones is 1. The van der Waals surface area contributed by atoms with Gasteiger partial charge in [0.25, 0.3) is 0 Å². The van der Waals surface area contributed by atoms with E-state index in [9.17, 15) is 24.6 Å². The summed E-state index contributed by atoms with van der Waals surface area (Å²) < 4.78 is 0. The van der Waals surface area contributed by atoms with E-state index < -0.39 is 17.9 Å². The Labute approximate surface area is 191 Å². The lowest BCUT2D eigenvalue weighted by Gasteiger charge is -2.24. The summed E-state index contributed by atoms with van der Waals surface area (Å²) in [5, 5.41) is 21.6. The summed E-state index contributed by atoms with van der Waals surface area (Å²) in [6.07, 6.45) is 6.35. The maximum atomic E-state index is 13.2. The summed E-state index contributed by atoms with van der Waals surface area (Å²) in [6, 6.07) is 5.17. The Bertz CT molecular complexity index is 749.